The maximum Gasteiger partial charge on any atom is 0.203 e. The number of ether oxygens (including phenoxy) is 3. The fourth-order valence-corrected chi connectivity index (χ4v) is 1.43. The first-order valence-corrected chi connectivity index (χ1v) is 5.39. The summed E-state index contributed by atoms with van der Waals surface area (Å²) in [5.41, 5.74) is 0. The fraction of sp³-hybridized carbons (Fsp3) is 0.500. The lowest BCUT2D eigenvalue weighted by molar-refractivity contribution is 0.104. The van der Waals surface area contributed by atoms with E-state index in [4.69, 9.17) is 14.2 Å². The molecule has 0 saturated carbocycles. The first-order valence-electron chi connectivity index (χ1n) is 5.39. The van der Waals surface area contributed by atoms with Crippen LogP contribution in [0.3, 0.4) is 0 Å². The van der Waals surface area contributed by atoms with E-state index in [9.17, 15) is 5.11 Å². The zero-order chi connectivity index (χ0) is 12.7. The van der Waals surface area contributed by atoms with Gasteiger partial charge >= 0.3 is 0 Å². The van der Waals surface area contributed by atoms with Gasteiger partial charge in [0.2, 0.25) is 5.75 Å². The highest BCUT2D eigenvalue weighted by molar-refractivity contribution is 5.51. The van der Waals surface area contributed by atoms with Crippen molar-refractivity contribution in [1.82, 2.24) is 5.32 Å². The van der Waals surface area contributed by atoms with Crippen LogP contribution in [0.25, 0.3) is 0 Å². The Balaban J connectivity index is 2.74. The largest absolute Gasteiger partial charge is 0.493 e. The van der Waals surface area contributed by atoms with Gasteiger partial charge in [-0.2, -0.15) is 0 Å². The number of nitrogens with one attached hydrogen (secondary N) is 1. The average Bonchev–Trinajstić information content (AvgIpc) is 2.36. The van der Waals surface area contributed by atoms with E-state index in [0.29, 0.717) is 23.8 Å². The Morgan fingerprint density at radius 2 is 1.82 bits per heavy atom. The molecule has 1 rings (SSSR count). The van der Waals surface area contributed by atoms with E-state index < -0.39 is 6.10 Å². The Kier molecular flexibility index (Phi) is 5.59. The van der Waals surface area contributed by atoms with Crippen molar-refractivity contribution >= 4 is 0 Å². The van der Waals surface area contributed by atoms with Crippen LogP contribution in [0.15, 0.2) is 18.2 Å². The smallest absolute Gasteiger partial charge is 0.203 e. The van der Waals surface area contributed by atoms with Crippen molar-refractivity contribution in [3.8, 4) is 17.2 Å². The van der Waals surface area contributed by atoms with Crippen molar-refractivity contribution in [2.75, 3.05) is 34.4 Å². The van der Waals surface area contributed by atoms with Crippen LogP contribution < -0.4 is 19.5 Å². The first-order chi connectivity index (χ1) is 8.22. The molecule has 17 heavy (non-hydrogen) atoms. The molecule has 0 aliphatic rings. The molecular weight excluding hydrogens is 222 g/mol. The van der Waals surface area contributed by atoms with E-state index in [2.05, 4.69) is 5.32 Å². The Morgan fingerprint density at radius 3 is 2.29 bits per heavy atom. The summed E-state index contributed by atoms with van der Waals surface area (Å²) in [6.07, 6.45) is -0.574. The molecule has 5 nitrogen and oxygen atoms in total. The van der Waals surface area contributed by atoms with Crippen molar-refractivity contribution in [3.63, 3.8) is 0 Å². The highest BCUT2D eigenvalue weighted by Crippen LogP contribution is 2.36. The molecule has 0 aliphatic heterocycles. The summed E-state index contributed by atoms with van der Waals surface area (Å²) >= 11 is 0. The van der Waals surface area contributed by atoms with Crippen LogP contribution in [0.1, 0.15) is 0 Å². The van der Waals surface area contributed by atoms with Gasteiger partial charge in [-0.25, -0.2) is 0 Å². The maximum atomic E-state index is 9.57. The van der Waals surface area contributed by atoms with Gasteiger partial charge in [-0.15, -0.1) is 0 Å². The van der Waals surface area contributed by atoms with Gasteiger partial charge in [0.1, 0.15) is 12.7 Å². The average molecular weight is 241 g/mol. The van der Waals surface area contributed by atoms with Crippen molar-refractivity contribution < 1.29 is 19.3 Å². The molecule has 0 amide bonds. The van der Waals surface area contributed by atoms with E-state index in [-0.39, 0.29) is 6.61 Å². The molecular formula is C12H19NO4. The molecule has 1 unspecified atom stereocenters. The molecule has 0 aliphatic carbocycles. The Bertz CT molecular complexity index is 321. The molecule has 0 aromatic heterocycles. The summed E-state index contributed by atoms with van der Waals surface area (Å²) in [4.78, 5) is 0. The molecule has 1 aromatic carbocycles. The van der Waals surface area contributed by atoms with E-state index in [1.807, 2.05) is 6.07 Å². The number of aliphatic hydroxyl groups is 1. The molecule has 5 heteroatoms. The Labute approximate surface area is 101 Å². The van der Waals surface area contributed by atoms with Gasteiger partial charge < -0.3 is 24.6 Å². The minimum atomic E-state index is -0.574. The number of methoxy groups -OCH3 is 2. The normalized spacial score (nSPS) is 12.0. The highest BCUT2D eigenvalue weighted by Gasteiger charge is 2.13. The van der Waals surface area contributed by atoms with E-state index in [1.54, 1.807) is 33.4 Å². The molecule has 1 atom stereocenters. The molecule has 0 fully saturated rings. The zero-order valence-corrected chi connectivity index (χ0v) is 10.4. The summed E-state index contributed by atoms with van der Waals surface area (Å²) in [5, 5.41) is 12.4. The molecule has 96 valence electrons. The zero-order valence-electron chi connectivity index (χ0n) is 10.4. The van der Waals surface area contributed by atoms with Gasteiger partial charge in [0.15, 0.2) is 11.5 Å². The quantitative estimate of drug-likeness (QED) is 0.734. The number of para-hydroxylation sites is 1. The fourth-order valence-electron chi connectivity index (χ4n) is 1.43. The number of likely N-dealkylation sites (N-methyl/N-ethyl adjacent to an activating group) is 1. The van der Waals surface area contributed by atoms with Crippen molar-refractivity contribution in [2.45, 2.75) is 6.10 Å². The SMILES string of the molecule is CNCC(O)COc1c(OC)cccc1OC. The summed E-state index contributed by atoms with van der Waals surface area (Å²) in [6.45, 7) is 0.648. The number of rotatable bonds is 7. The highest BCUT2D eigenvalue weighted by atomic mass is 16.5. The van der Waals surface area contributed by atoms with Gasteiger partial charge in [-0.3, -0.25) is 0 Å². The second-order valence-electron chi connectivity index (χ2n) is 3.51. The Morgan fingerprint density at radius 1 is 1.24 bits per heavy atom. The van der Waals surface area contributed by atoms with Crippen LogP contribution >= 0.6 is 0 Å². The van der Waals surface area contributed by atoms with Crippen LogP contribution in [0, 0.1) is 0 Å². The molecule has 0 radical (unpaired) electrons. The van der Waals surface area contributed by atoms with E-state index in [0.717, 1.165) is 0 Å². The van der Waals surface area contributed by atoms with Gasteiger partial charge in [0.05, 0.1) is 14.2 Å². The predicted molar refractivity (Wildman–Crippen MR) is 65.0 cm³/mol. The lowest BCUT2D eigenvalue weighted by Crippen LogP contribution is -2.29. The van der Waals surface area contributed by atoms with E-state index >= 15 is 0 Å². The molecule has 2 N–H and O–H groups in total. The third-order valence-corrected chi connectivity index (χ3v) is 2.24. The minimum Gasteiger partial charge on any atom is -0.493 e. The second-order valence-corrected chi connectivity index (χ2v) is 3.51. The van der Waals surface area contributed by atoms with E-state index in [1.165, 1.54) is 0 Å². The minimum absolute atomic E-state index is 0.178. The van der Waals surface area contributed by atoms with Gasteiger partial charge in [0.25, 0.3) is 0 Å². The summed E-state index contributed by atoms with van der Waals surface area (Å²) in [5.74, 6) is 1.68. The lowest BCUT2D eigenvalue weighted by atomic mass is 10.3. The van der Waals surface area contributed by atoms with Crippen molar-refractivity contribution in [3.05, 3.63) is 18.2 Å². The molecule has 0 bridgehead atoms. The summed E-state index contributed by atoms with van der Waals surface area (Å²) < 4.78 is 15.9. The first kappa shape index (κ1) is 13.6. The molecule has 0 heterocycles. The molecule has 0 spiro atoms. The number of benzene rings is 1. The third kappa shape index (κ3) is 3.80. The van der Waals surface area contributed by atoms with Gasteiger partial charge in [0, 0.05) is 6.54 Å². The topological polar surface area (TPSA) is 60.0 Å². The predicted octanol–water partition coefficient (Wildman–Crippen LogP) is 0.663. The number of aliphatic hydroxyl groups excluding tert-OH is 1. The van der Waals surface area contributed by atoms with Gasteiger partial charge in [-0.05, 0) is 19.2 Å². The summed E-state index contributed by atoms with van der Waals surface area (Å²) in [6, 6.07) is 5.37. The van der Waals surface area contributed by atoms with Crippen LogP contribution in [0.4, 0.5) is 0 Å². The maximum absolute atomic E-state index is 9.57. The second kappa shape index (κ2) is 6.98. The number of hydrogen-bond donors (Lipinski definition) is 2. The standard InChI is InChI=1S/C12H19NO4/c1-13-7-9(14)8-17-12-10(15-2)5-4-6-11(12)16-3/h4-6,9,13-14H,7-8H2,1-3H3. The third-order valence-electron chi connectivity index (χ3n) is 2.24. The lowest BCUT2D eigenvalue weighted by Gasteiger charge is -2.16. The van der Waals surface area contributed by atoms with Crippen LogP contribution in [0.2, 0.25) is 0 Å². The number of hydrogen-bond acceptors (Lipinski definition) is 5. The monoisotopic (exact) mass is 241 g/mol. The molecule has 0 saturated heterocycles. The van der Waals surface area contributed by atoms with Crippen molar-refractivity contribution in [1.29, 1.82) is 0 Å². The van der Waals surface area contributed by atoms with Gasteiger partial charge in [-0.1, -0.05) is 6.07 Å². The van der Waals surface area contributed by atoms with Crippen LogP contribution in [-0.2, 0) is 0 Å². The van der Waals surface area contributed by atoms with Crippen LogP contribution in [-0.4, -0.2) is 45.6 Å². The van der Waals surface area contributed by atoms with Crippen LogP contribution in [0.5, 0.6) is 17.2 Å². The van der Waals surface area contributed by atoms with Crippen molar-refractivity contribution in [2.24, 2.45) is 0 Å². The molecule has 1 aromatic rings. The summed E-state index contributed by atoms with van der Waals surface area (Å²) in [7, 11) is 4.89. The Hall–Kier alpha value is -1.46.